The molecule has 0 aromatic heterocycles. The summed E-state index contributed by atoms with van der Waals surface area (Å²) in [5.41, 5.74) is 1.19. The lowest BCUT2D eigenvalue weighted by molar-refractivity contribution is -0.134. The summed E-state index contributed by atoms with van der Waals surface area (Å²) >= 11 is 0. The minimum absolute atomic E-state index is 0. The Labute approximate surface area is 149 Å². The molecule has 134 valence electrons. The SMILES string of the molecule is COc1ccccc1C1(CNC(=O)C2CNCCO2)CCCC1.Cl. The van der Waals surface area contributed by atoms with Gasteiger partial charge in [-0.25, -0.2) is 0 Å². The summed E-state index contributed by atoms with van der Waals surface area (Å²) < 4.78 is 11.1. The molecule has 1 atom stereocenters. The zero-order chi connectivity index (χ0) is 16.1. The first-order chi connectivity index (χ1) is 11.2. The fourth-order valence-electron chi connectivity index (χ4n) is 3.78. The number of ether oxygens (including phenoxy) is 2. The van der Waals surface area contributed by atoms with Crippen LogP contribution in [0.5, 0.6) is 5.75 Å². The molecular weight excluding hydrogens is 328 g/mol. The van der Waals surface area contributed by atoms with Gasteiger partial charge in [-0.1, -0.05) is 31.0 Å². The fourth-order valence-corrected chi connectivity index (χ4v) is 3.78. The maximum atomic E-state index is 12.4. The van der Waals surface area contributed by atoms with Crippen LogP contribution in [0.15, 0.2) is 24.3 Å². The molecule has 1 saturated heterocycles. The van der Waals surface area contributed by atoms with Gasteiger partial charge < -0.3 is 20.1 Å². The van der Waals surface area contributed by atoms with Crippen LogP contribution in [-0.4, -0.2) is 45.4 Å². The number of carbonyl (C=O) groups excluding carboxylic acids is 1. The maximum Gasteiger partial charge on any atom is 0.250 e. The Morgan fingerprint density at radius 2 is 2.12 bits per heavy atom. The van der Waals surface area contributed by atoms with Crippen LogP contribution in [0.2, 0.25) is 0 Å². The van der Waals surface area contributed by atoms with Gasteiger partial charge in [-0.2, -0.15) is 0 Å². The number of para-hydroxylation sites is 1. The number of rotatable bonds is 5. The Balaban J connectivity index is 0.00000208. The minimum Gasteiger partial charge on any atom is -0.496 e. The highest BCUT2D eigenvalue weighted by Gasteiger charge is 2.38. The number of amides is 1. The van der Waals surface area contributed by atoms with Gasteiger partial charge in [0.15, 0.2) is 0 Å². The molecule has 1 aliphatic heterocycles. The summed E-state index contributed by atoms with van der Waals surface area (Å²) in [6, 6.07) is 8.18. The van der Waals surface area contributed by atoms with Crippen molar-refractivity contribution >= 4 is 18.3 Å². The second-order valence-electron chi connectivity index (χ2n) is 6.47. The van der Waals surface area contributed by atoms with Crippen molar-refractivity contribution in [2.75, 3.05) is 33.4 Å². The van der Waals surface area contributed by atoms with Crippen LogP contribution in [-0.2, 0) is 14.9 Å². The lowest BCUT2D eigenvalue weighted by Crippen LogP contribution is -2.50. The minimum atomic E-state index is -0.375. The van der Waals surface area contributed by atoms with E-state index in [9.17, 15) is 4.79 Å². The van der Waals surface area contributed by atoms with Crippen LogP contribution in [0.1, 0.15) is 31.2 Å². The number of benzene rings is 1. The van der Waals surface area contributed by atoms with E-state index in [-0.39, 0.29) is 29.8 Å². The number of halogens is 1. The first-order valence-electron chi connectivity index (χ1n) is 8.49. The zero-order valence-corrected chi connectivity index (χ0v) is 15.0. The molecule has 2 N–H and O–H groups in total. The van der Waals surface area contributed by atoms with E-state index in [0.717, 1.165) is 25.1 Å². The monoisotopic (exact) mass is 354 g/mol. The molecule has 5 nitrogen and oxygen atoms in total. The van der Waals surface area contributed by atoms with E-state index in [0.29, 0.717) is 19.7 Å². The molecule has 1 amide bonds. The largest absolute Gasteiger partial charge is 0.496 e. The van der Waals surface area contributed by atoms with Crippen molar-refractivity contribution in [2.45, 2.75) is 37.2 Å². The number of carbonyl (C=O) groups is 1. The Bertz CT molecular complexity index is 541. The lowest BCUT2D eigenvalue weighted by Gasteiger charge is -2.32. The molecule has 2 aliphatic rings. The molecule has 1 heterocycles. The predicted octanol–water partition coefficient (Wildman–Crippen LogP) is 2.03. The van der Waals surface area contributed by atoms with Crippen molar-refractivity contribution in [1.82, 2.24) is 10.6 Å². The van der Waals surface area contributed by atoms with Gasteiger partial charge in [-0.15, -0.1) is 12.4 Å². The van der Waals surface area contributed by atoms with Crippen molar-refractivity contribution in [1.29, 1.82) is 0 Å². The smallest absolute Gasteiger partial charge is 0.250 e. The van der Waals surface area contributed by atoms with E-state index in [2.05, 4.69) is 16.7 Å². The first kappa shape index (κ1) is 19.0. The van der Waals surface area contributed by atoms with E-state index in [1.807, 2.05) is 18.2 Å². The van der Waals surface area contributed by atoms with E-state index in [4.69, 9.17) is 9.47 Å². The van der Waals surface area contributed by atoms with Gasteiger partial charge in [0.1, 0.15) is 11.9 Å². The number of hydrogen-bond donors (Lipinski definition) is 2. The summed E-state index contributed by atoms with van der Waals surface area (Å²) in [5.74, 6) is 0.901. The van der Waals surface area contributed by atoms with Crippen LogP contribution >= 0.6 is 12.4 Å². The van der Waals surface area contributed by atoms with Gasteiger partial charge in [0.25, 0.3) is 0 Å². The van der Waals surface area contributed by atoms with Crippen molar-refractivity contribution in [2.24, 2.45) is 0 Å². The van der Waals surface area contributed by atoms with Crippen LogP contribution in [0.25, 0.3) is 0 Å². The molecule has 24 heavy (non-hydrogen) atoms. The Morgan fingerprint density at radius 3 is 2.79 bits per heavy atom. The van der Waals surface area contributed by atoms with E-state index in [1.54, 1.807) is 7.11 Å². The Morgan fingerprint density at radius 1 is 1.38 bits per heavy atom. The topological polar surface area (TPSA) is 59.6 Å². The molecule has 1 aromatic rings. The number of morpholine rings is 1. The Hall–Kier alpha value is -1.30. The molecular formula is C18H27ClN2O3. The molecule has 3 rings (SSSR count). The molecule has 1 aromatic carbocycles. The van der Waals surface area contributed by atoms with E-state index in [1.165, 1.54) is 18.4 Å². The molecule has 2 fully saturated rings. The Kier molecular flexibility index (Phi) is 6.90. The van der Waals surface area contributed by atoms with Gasteiger partial charge in [0.2, 0.25) is 5.91 Å². The third-order valence-corrected chi connectivity index (χ3v) is 5.06. The molecule has 1 unspecified atom stereocenters. The molecule has 1 aliphatic carbocycles. The number of hydrogen-bond acceptors (Lipinski definition) is 4. The highest BCUT2D eigenvalue weighted by atomic mass is 35.5. The third-order valence-electron chi connectivity index (χ3n) is 5.06. The van der Waals surface area contributed by atoms with Gasteiger partial charge in [0, 0.05) is 30.6 Å². The van der Waals surface area contributed by atoms with Gasteiger partial charge in [0.05, 0.1) is 13.7 Å². The molecule has 0 radical (unpaired) electrons. The summed E-state index contributed by atoms with van der Waals surface area (Å²) in [5, 5.41) is 6.32. The van der Waals surface area contributed by atoms with E-state index >= 15 is 0 Å². The van der Waals surface area contributed by atoms with Gasteiger partial charge in [-0.3, -0.25) is 4.79 Å². The average Bonchev–Trinajstić information content (AvgIpc) is 3.10. The summed E-state index contributed by atoms with van der Waals surface area (Å²) in [6.07, 6.45) is 4.17. The van der Waals surface area contributed by atoms with Crippen molar-refractivity contribution < 1.29 is 14.3 Å². The third kappa shape index (κ3) is 4.02. The number of nitrogens with one attached hydrogen (secondary N) is 2. The summed E-state index contributed by atoms with van der Waals surface area (Å²) in [7, 11) is 1.71. The van der Waals surface area contributed by atoms with Crippen LogP contribution in [0, 0.1) is 0 Å². The standard InChI is InChI=1S/C18H26N2O3.ClH/c1-22-15-7-3-2-6-14(15)18(8-4-5-9-18)13-20-17(21)16-12-19-10-11-23-16;/h2-3,6-7,16,19H,4-5,8-13H2,1H3,(H,20,21);1H. The molecule has 0 bridgehead atoms. The van der Waals surface area contributed by atoms with Gasteiger partial charge in [-0.05, 0) is 18.9 Å². The van der Waals surface area contributed by atoms with Crippen molar-refractivity contribution in [3.8, 4) is 5.75 Å². The summed E-state index contributed by atoms with van der Waals surface area (Å²) in [4.78, 5) is 12.4. The van der Waals surface area contributed by atoms with Crippen molar-refractivity contribution in [3.05, 3.63) is 29.8 Å². The van der Waals surface area contributed by atoms with Crippen LogP contribution < -0.4 is 15.4 Å². The predicted molar refractivity (Wildman–Crippen MR) is 96.0 cm³/mol. The second kappa shape index (κ2) is 8.70. The average molecular weight is 355 g/mol. The fraction of sp³-hybridized carbons (Fsp3) is 0.611. The zero-order valence-electron chi connectivity index (χ0n) is 14.2. The molecule has 1 saturated carbocycles. The lowest BCUT2D eigenvalue weighted by atomic mass is 9.78. The van der Waals surface area contributed by atoms with E-state index < -0.39 is 0 Å². The maximum absolute atomic E-state index is 12.4. The highest BCUT2D eigenvalue weighted by Crippen LogP contribution is 2.44. The van der Waals surface area contributed by atoms with Crippen LogP contribution in [0.3, 0.4) is 0 Å². The van der Waals surface area contributed by atoms with Crippen molar-refractivity contribution in [3.63, 3.8) is 0 Å². The normalized spacial score (nSPS) is 22.5. The quantitative estimate of drug-likeness (QED) is 0.849. The second-order valence-corrected chi connectivity index (χ2v) is 6.47. The molecule has 0 spiro atoms. The number of methoxy groups -OCH3 is 1. The van der Waals surface area contributed by atoms with Gasteiger partial charge >= 0.3 is 0 Å². The highest BCUT2D eigenvalue weighted by molar-refractivity contribution is 5.85. The first-order valence-corrected chi connectivity index (χ1v) is 8.49. The van der Waals surface area contributed by atoms with Crippen LogP contribution in [0.4, 0.5) is 0 Å². The molecule has 6 heteroatoms. The summed E-state index contributed by atoms with van der Waals surface area (Å²) in [6.45, 7) is 2.64.